The fourth-order valence-electron chi connectivity index (χ4n) is 3.35. The van der Waals surface area contributed by atoms with E-state index in [0.29, 0.717) is 23.4 Å². The molecule has 3 heterocycles. The van der Waals surface area contributed by atoms with Crippen LogP contribution >= 0.6 is 15.9 Å². The zero-order chi connectivity index (χ0) is 19.3. The number of hydrogen-bond acceptors (Lipinski definition) is 4. The van der Waals surface area contributed by atoms with E-state index in [0.717, 1.165) is 20.4 Å². The summed E-state index contributed by atoms with van der Waals surface area (Å²) >= 11 is 3.43. The van der Waals surface area contributed by atoms with Gasteiger partial charge in [0.25, 0.3) is 5.56 Å². The molecule has 4 rings (SSSR count). The Balaban J connectivity index is 2.07. The molecule has 3 aromatic heterocycles. The van der Waals surface area contributed by atoms with Crippen LogP contribution in [-0.2, 0) is 13.6 Å². The molecule has 4 aromatic rings. The summed E-state index contributed by atoms with van der Waals surface area (Å²) in [5.41, 5.74) is 1.68. The molecule has 1 aromatic carbocycles. The smallest absolute Gasteiger partial charge is 0.332 e. The quantitative estimate of drug-likeness (QED) is 0.531. The predicted octanol–water partition coefficient (Wildman–Crippen LogP) is 1.59. The first-order valence-corrected chi connectivity index (χ1v) is 9.30. The van der Waals surface area contributed by atoms with Gasteiger partial charge in [0.05, 0.1) is 0 Å². The third-order valence-electron chi connectivity index (χ3n) is 4.65. The van der Waals surface area contributed by atoms with Crippen LogP contribution in [0.3, 0.4) is 0 Å². The van der Waals surface area contributed by atoms with Crippen LogP contribution < -0.4 is 11.2 Å². The van der Waals surface area contributed by atoms with E-state index in [1.165, 1.54) is 4.57 Å². The lowest BCUT2D eigenvalue weighted by Crippen LogP contribution is -2.39. The van der Waals surface area contributed by atoms with E-state index >= 15 is 0 Å². The molecular weight excluding hydrogens is 414 g/mol. The average molecular weight is 432 g/mol. The van der Waals surface area contributed by atoms with E-state index < -0.39 is 11.2 Å². The summed E-state index contributed by atoms with van der Waals surface area (Å²) in [5.74, 6) is 0.567. The van der Waals surface area contributed by atoms with Gasteiger partial charge < -0.3 is 5.11 Å². The Morgan fingerprint density at radius 3 is 2.56 bits per heavy atom. The van der Waals surface area contributed by atoms with Crippen molar-refractivity contribution in [3.8, 4) is 5.69 Å². The molecule has 0 aliphatic carbocycles. The zero-order valence-electron chi connectivity index (χ0n) is 14.9. The van der Waals surface area contributed by atoms with Crippen LogP contribution in [0.15, 0.2) is 44.5 Å². The number of rotatable bonds is 4. The molecule has 0 atom stereocenters. The highest BCUT2D eigenvalue weighted by atomic mass is 79.9. The van der Waals surface area contributed by atoms with Crippen LogP contribution in [-0.4, -0.2) is 34.8 Å². The number of aliphatic hydroxyl groups is 1. The summed E-state index contributed by atoms with van der Waals surface area (Å²) in [5, 5.41) is 9.06. The Hall–Kier alpha value is -2.65. The molecule has 0 aliphatic heterocycles. The molecule has 8 nitrogen and oxygen atoms in total. The number of halogens is 1. The molecule has 0 bridgehead atoms. The third kappa shape index (κ3) is 2.65. The van der Waals surface area contributed by atoms with E-state index in [4.69, 9.17) is 5.11 Å². The van der Waals surface area contributed by atoms with Crippen molar-refractivity contribution in [2.45, 2.75) is 19.9 Å². The van der Waals surface area contributed by atoms with Gasteiger partial charge in [-0.1, -0.05) is 15.9 Å². The van der Waals surface area contributed by atoms with Crippen molar-refractivity contribution in [1.29, 1.82) is 0 Å². The largest absolute Gasteiger partial charge is 0.396 e. The zero-order valence-corrected chi connectivity index (χ0v) is 16.5. The van der Waals surface area contributed by atoms with E-state index in [-0.39, 0.29) is 13.2 Å². The van der Waals surface area contributed by atoms with E-state index in [2.05, 4.69) is 20.9 Å². The second-order valence-electron chi connectivity index (χ2n) is 6.41. The summed E-state index contributed by atoms with van der Waals surface area (Å²) in [4.78, 5) is 30.1. The molecule has 1 N–H and O–H groups in total. The van der Waals surface area contributed by atoms with Crippen molar-refractivity contribution in [2.75, 3.05) is 6.61 Å². The Bertz CT molecular complexity index is 1280. The van der Waals surface area contributed by atoms with Crippen molar-refractivity contribution in [3.05, 3.63) is 61.5 Å². The minimum absolute atomic E-state index is 0.0888. The molecule has 0 saturated heterocycles. The first-order chi connectivity index (χ1) is 12.9. The SMILES string of the molecule is Cc1cn2c3c(=O)n(CCCO)c(=O)n(C)c3nc2n1-c1ccc(Br)cc1. The third-order valence-corrected chi connectivity index (χ3v) is 5.18. The maximum atomic E-state index is 13.0. The number of fused-ring (bicyclic) bond motifs is 3. The number of nitrogens with zero attached hydrogens (tertiary/aromatic N) is 5. The van der Waals surface area contributed by atoms with Crippen molar-refractivity contribution >= 4 is 32.9 Å². The number of imidazole rings is 2. The summed E-state index contributed by atoms with van der Waals surface area (Å²) < 4.78 is 7.16. The number of aromatic nitrogens is 5. The van der Waals surface area contributed by atoms with Crippen molar-refractivity contribution in [3.63, 3.8) is 0 Å². The van der Waals surface area contributed by atoms with Crippen molar-refractivity contribution in [1.82, 2.24) is 23.1 Å². The number of benzene rings is 1. The maximum absolute atomic E-state index is 13.0. The topological polar surface area (TPSA) is 86.5 Å². The first kappa shape index (κ1) is 17.7. The molecule has 140 valence electrons. The van der Waals surface area contributed by atoms with Crippen LogP contribution in [0.1, 0.15) is 12.1 Å². The second kappa shape index (κ2) is 6.50. The number of aryl methyl sites for hydroxylation is 2. The Kier molecular flexibility index (Phi) is 4.27. The van der Waals surface area contributed by atoms with Gasteiger partial charge in [-0.3, -0.25) is 22.9 Å². The van der Waals surface area contributed by atoms with Crippen molar-refractivity contribution in [2.24, 2.45) is 7.05 Å². The Morgan fingerprint density at radius 1 is 1.19 bits per heavy atom. The molecule has 0 fully saturated rings. The second-order valence-corrected chi connectivity index (χ2v) is 7.33. The molecule has 0 radical (unpaired) electrons. The average Bonchev–Trinajstić information content (AvgIpc) is 3.15. The van der Waals surface area contributed by atoms with Gasteiger partial charge >= 0.3 is 5.69 Å². The fourth-order valence-corrected chi connectivity index (χ4v) is 3.61. The first-order valence-electron chi connectivity index (χ1n) is 8.50. The highest BCUT2D eigenvalue weighted by molar-refractivity contribution is 9.10. The highest BCUT2D eigenvalue weighted by Gasteiger charge is 2.20. The van der Waals surface area contributed by atoms with Gasteiger partial charge in [-0.05, 0) is 37.6 Å². The summed E-state index contributed by atoms with van der Waals surface area (Å²) in [6.07, 6.45) is 2.18. The molecular formula is C18H18BrN5O3. The van der Waals surface area contributed by atoms with Crippen LogP contribution in [0.5, 0.6) is 0 Å². The number of aliphatic hydroxyl groups excluding tert-OH is 1. The van der Waals surface area contributed by atoms with Gasteiger partial charge in [-0.25, -0.2) is 4.79 Å². The van der Waals surface area contributed by atoms with E-state index in [1.54, 1.807) is 11.4 Å². The summed E-state index contributed by atoms with van der Waals surface area (Å²) in [7, 11) is 1.60. The van der Waals surface area contributed by atoms with Gasteiger partial charge in [0.15, 0.2) is 11.2 Å². The normalized spacial score (nSPS) is 11.7. The van der Waals surface area contributed by atoms with E-state index in [1.807, 2.05) is 42.0 Å². The predicted molar refractivity (Wildman–Crippen MR) is 106 cm³/mol. The van der Waals surface area contributed by atoms with Gasteiger partial charge in [0.2, 0.25) is 5.78 Å². The Labute approximate surface area is 162 Å². The van der Waals surface area contributed by atoms with Gasteiger partial charge in [-0.2, -0.15) is 4.98 Å². The summed E-state index contributed by atoms with van der Waals surface area (Å²) in [6.45, 7) is 2.01. The van der Waals surface area contributed by atoms with Crippen LogP contribution in [0.4, 0.5) is 0 Å². The van der Waals surface area contributed by atoms with E-state index in [9.17, 15) is 9.59 Å². The molecule has 0 spiro atoms. The minimum Gasteiger partial charge on any atom is -0.396 e. The molecule has 27 heavy (non-hydrogen) atoms. The minimum atomic E-state index is -0.436. The van der Waals surface area contributed by atoms with Crippen LogP contribution in [0.2, 0.25) is 0 Å². The molecule has 9 heteroatoms. The lowest BCUT2D eigenvalue weighted by atomic mass is 10.3. The molecule has 0 amide bonds. The number of hydrogen-bond donors (Lipinski definition) is 1. The summed E-state index contributed by atoms with van der Waals surface area (Å²) in [6, 6.07) is 7.78. The van der Waals surface area contributed by atoms with Gasteiger partial charge in [-0.15, -0.1) is 0 Å². The standard InChI is InChI=1S/C18H18BrN5O3/c1-11-10-23-14-15(21(2)18(27)22(16(14)26)8-3-9-25)20-17(23)24(11)13-6-4-12(19)5-7-13/h4-7,10,25H,3,8-9H2,1-2H3. The van der Waals surface area contributed by atoms with Gasteiger partial charge in [0.1, 0.15) is 0 Å². The lowest BCUT2D eigenvalue weighted by molar-refractivity contribution is 0.277. The van der Waals surface area contributed by atoms with Crippen LogP contribution in [0.25, 0.3) is 22.6 Å². The van der Waals surface area contributed by atoms with Gasteiger partial charge in [0, 0.05) is 42.3 Å². The highest BCUT2D eigenvalue weighted by Crippen LogP contribution is 2.22. The Morgan fingerprint density at radius 2 is 1.89 bits per heavy atom. The lowest BCUT2D eigenvalue weighted by Gasteiger charge is -2.07. The fraction of sp³-hybridized carbons (Fsp3) is 0.278. The van der Waals surface area contributed by atoms with Crippen molar-refractivity contribution < 1.29 is 5.11 Å². The maximum Gasteiger partial charge on any atom is 0.332 e. The molecule has 0 aliphatic rings. The molecule has 0 saturated carbocycles. The molecule has 0 unspecified atom stereocenters. The monoisotopic (exact) mass is 431 g/mol. The van der Waals surface area contributed by atoms with Crippen LogP contribution in [0, 0.1) is 6.92 Å².